The highest BCUT2D eigenvalue weighted by molar-refractivity contribution is 9.10. The Morgan fingerprint density at radius 2 is 1.60 bits per heavy atom. The molecule has 1 saturated heterocycles. The number of hydrogen-bond donors (Lipinski definition) is 0. The molecule has 2 aromatic rings. The Morgan fingerprint density at radius 3 is 2.24 bits per heavy atom. The van der Waals surface area contributed by atoms with Crippen molar-refractivity contribution in [3.63, 3.8) is 0 Å². The van der Waals surface area contributed by atoms with E-state index in [1.165, 1.54) is 18.2 Å². The van der Waals surface area contributed by atoms with Crippen LogP contribution in [0.4, 0.5) is 4.39 Å². The van der Waals surface area contributed by atoms with Crippen molar-refractivity contribution in [1.29, 1.82) is 0 Å². The van der Waals surface area contributed by atoms with E-state index in [0.29, 0.717) is 42.3 Å². The molecule has 2 amide bonds. The molecule has 4 nitrogen and oxygen atoms in total. The first kappa shape index (κ1) is 17.9. The number of halogens is 3. The van der Waals surface area contributed by atoms with E-state index in [-0.39, 0.29) is 11.8 Å². The van der Waals surface area contributed by atoms with Crippen molar-refractivity contribution in [3.05, 3.63) is 68.9 Å². The van der Waals surface area contributed by atoms with E-state index >= 15 is 0 Å². The van der Waals surface area contributed by atoms with Crippen molar-refractivity contribution in [2.24, 2.45) is 0 Å². The minimum atomic E-state index is -0.441. The number of carbonyl (C=O) groups is 2. The molecule has 1 aliphatic rings. The number of carbonyl (C=O) groups excluding carboxylic acids is 2. The van der Waals surface area contributed by atoms with Crippen molar-refractivity contribution in [1.82, 2.24) is 9.80 Å². The van der Waals surface area contributed by atoms with Gasteiger partial charge in [-0.1, -0.05) is 33.6 Å². The molecule has 0 radical (unpaired) electrons. The molecule has 0 unspecified atom stereocenters. The number of hydrogen-bond acceptors (Lipinski definition) is 2. The van der Waals surface area contributed by atoms with E-state index in [1.807, 2.05) is 0 Å². The van der Waals surface area contributed by atoms with Gasteiger partial charge >= 0.3 is 0 Å². The first-order chi connectivity index (χ1) is 12.0. The summed E-state index contributed by atoms with van der Waals surface area (Å²) in [4.78, 5) is 28.4. The maximum Gasteiger partial charge on any atom is 0.255 e. The first-order valence-corrected chi connectivity index (χ1v) is 8.92. The van der Waals surface area contributed by atoms with Crippen LogP contribution in [0.25, 0.3) is 0 Å². The topological polar surface area (TPSA) is 40.6 Å². The Balaban J connectivity index is 1.66. The summed E-state index contributed by atoms with van der Waals surface area (Å²) in [6.45, 7) is 1.60. The van der Waals surface area contributed by atoms with Crippen LogP contribution in [0.15, 0.2) is 46.9 Å². The number of piperazine rings is 1. The lowest BCUT2D eigenvalue weighted by molar-refractivity contribution is 0.0535. The zero-order valence-electron chi connectivity index (χ0n) is 13.2. The fourth-order valence-electron chi connectivity index (χ4n) is 2.75. The van der Waals surface area contributed by atoms with Gasteiger partial charge in [0.1, 0.15) is 5.82 Å². The molecule has 2 aromatic carbocycles. The second-order valence-corrected chi connectivity index (χ2v) is 7.04. The third kappa shape index (κ3) is 4.02. The molecule has 1 fully saturated rings. The van der Waals surface area contributed by atoms with E-state index in [1.54, 1.807) is 34.1 Å². The average molecular weight is 426 g/mol. The highest BCUT2D eigenvalue weighted by Gasteiger charge is 2.26. The molecule has 0 aromatic heterocycles. The molecule has 1 heterocycles. The van der Waals surface area contributed by atoms with Crippen LogP contribution < -0.4 is 0 Å². The van der Waals surface area contributed by atoms with Gasteiger partial charge in [0, 0.05) is 36.2 Å². The summed E-state index contributed by atoms with van der Waals surface area (Å²) >= 11 is 9.45. The van der Waals surface area contributed by atoms with Crippen molar-refractivity contribution < 1.29 is 14.0 Å². The van der Waals surface area contributed by atoms with Crippen LogP contribution in [0.3, 0.4) is 0 Å². The zero-order chi connectivity index (χ0) is 18.0. The third-order valence-electron chi connectivity index (χ3n) is 4.08. The van der Waals surface area contributed by atoms with Crippen LogP contribution in [0.2, 0.25) is 5.02 Å². The number of rotatable bonds is 2. The van der Waals surface area contributed by atoms with Crippen molar-refractivity contribution in [2.45, 2.75) is 0 Å². The quantitative estimate of drug-likeness (QED) is 0.733. The fourth-order valence-corrected chi connectivity index (χ4v) is 3.31. The van der Waals surface area contributed by atoms with Crippen molar-refractivity contribution in [2.75, 3.05) is 26.2 Å². The second kappa shape index (κ2) is 7.54. The zero-order valence-corrected chi connectivity index (χ0v) is 15.6. The van der Waals surface area contributed by atoms with E-state index < -0.39 is 5.82 Å². The van der Waals surface area contributed by atoms with Gasteiger partial charge in [-0.2, -0.15) is 0 Å². The lowest BCUT2D eigenvalue weighted by atomic mass is 10.1. The van der Waals surface area contributed by atoms with E-state index in [2.05, 4.69) is 15.9 Å². The van der Waals surface area contributed by atoms with E-state index in [9.17, 15) is 14.0 Å². The van der Waals surface area contributed by atoms with Gasteiger partial charge in [0.25, 0.3) is 11.8 Å². The monoisotopic (exact) mass is 424 g/mol. The summed E-state index contributed by atoms with van der Waals surface area (Å²) < 4.78 is 14.1. The van der Waals surface area contributed by atoms with Gasteiger partial charge in [-0.05, 0) is 36.4 Å². The molecule has 3 rings (SSSR count). The molecule has 0 spiro atoms. The molecular weight excluding hydrogens is 411 g/mol. The standard InChI is InChI=1S/C18H15BrClFN2O2/c19-13-4-5-16(20)15(11-13)18(25)23-8-6-22(7-9-23)17(24)12-2-1-3-14(21)10-12/h1-5,10-11H,6-9H2. The lowest BCUT2D eigenvalue weighted by Gasteiger charge is -2.35. The van der Waals surface area contributed by atoms with Crippen LogP contribution in [0.1, 0.15) is 20.7 Å². The fraction of sp³-hybridized carbons (Fsp3) is 0.222. The van der Waals surface area contributed by atoms with Crippen LogP contribution in [0.5, 0.6) is 0 Å². The smallest absolute Gasteiger partial charge is 0.255 e. The Labute approximate surface area is 158 Å². The maximum atomic E-state index is 13.3. The number of nitrogens with zero attached hydrogens (tertiary/aromatic N) is 2. The Morgan fingerprint density at radius 1 is 0.960 bits per heavy atom. The van der Waals surface area contributed by atoms with Gasteiger partial charge in [0.2, 0.25) is 0 Å². The Kier molecular flexibility index (Phi) is 5.39. The second-order valence-electron chi connectivity index (χ2n) is 5.72. The highest BCUT2D eigenvalue weighted by atomic mass is 79.9. The molecule has 0 atom stereocenters. The summed E-state index contributed by atoms with van der Waals surface area (Å²) in [7, 11) is 0. The molecule has 0 bridgehead atoms. The molecule has 25 heavy (non-hydrogen) atoms. The maximum absolute atomic E-state index is 13.3. The van der Waals surface area contributed by atoms with Crippen LogP contribution in [-0.2, 0) is 0 Å². The van der Waals surface area contributed by atoms with Gasteiger partial charge in [-0.15, -0.1) is 0 Å². The molecule has 7 heteroatoms. The highest BCUT2D eigenvalue weighted by Crippen LogP contribution is 2.23. The third-order valence-corrected chi connectivity index (χ3v) is 4.91. The predicted molar refractivity (Wildman–Crippen MR) is 97.4 cm³/mol. The SMILES string of the molecule is O=C(c1cccc(F)c1)N1CCN(C(=O)c2cc(Br)ccc2Cl)CC1. The summed E-state index contributed by atoms with van der Waals surface area (Å²) in [5, 5.41) is 0.395. The summed E-state index contributed by atoms with van der Waals surface area (Å²) in [6.07, 6.45) is 0. The minimum absolute atomic E-state index is 0.163. The van der Waals surface area contributed by atoms with Crippen molar-refractivity contribution in [3.8, 4) is 0 Å². The Bertz CT molecular complexity index is 822. The number of amides is 2. The summed E-state index contributed by atoms with van der Waals surface area (Å²) in [6, 6.07) is 10.8. The predicted octanol–water partition coefficient (Wildman–Crippen LogP) is 3.84. The number of benzene rings is 2. The van der Waals surface area contributed by atoms with Crippen LogP contribution in [0, 0.1) is 5.82 Å². The molecule has 1 aliphatic heterocycles. The van der Waals surface area contributed by atoms with E-state index in [4.69, 9.17) is 11.6 Å². The van der Waals surface area contributed by atoms with Gasteiger partial charge in [0.15, 0.2) is 0 Å². The lowest BCUT2D eigenvalue weighted by Crippen LogP contribution is -2.50. The van der Waals surface area contributed by atoms with Crippen LogP contribution >= 0.6 is 27.5 Å². The molecule has 0 saturated carbocycles. The van der Waals surface area contributed by atoms with Crippen LogP contribution in [-0.4, -0.2) is 47.8 Å². The van der Waals surface area contributed by atoms with E-state index in [0.717, 1.165) is 4.47 Å². The van der Waals surface area contributed by atoms with Gasteiger partial charge < -0.3 is 9.80 Å². The molecular formula is C18H15BrClFN2O2. The van der Waals surface area contributed by atoms with Gasteiger partial charge in [0.05, 0.1) is 10.6 Å². The first-order valence-electron chi connectivity index (χ1n) is 7.75. The summed E-state index contributed by atoms with van der Waals surface area (Å²) in [5.74, 6) is -0.833. The largest absolute Gasteiger partial charge is 0.335 e. The molecule has 0 N–H and O–H groups in total. The minimum Gasteiger partial charge on any atom is -0.335 e. The average Bonchev–Trinajstić information content (AvgIpc) is 2.62. The van der Waals surface area contributed by atoms with Crippen molar-refractivity contribution >= 4 is 39.3 Å². The van der Waals surface area contributed by atoms with Gasteiger partial charge in [-0.25, -0.2) is 4.39 Å². The van der Waals surface area contributed by atoms with Gasteiger partial charge in [-0.3, -0.25) is 9.59 Å². The Hall–Kier alpha value is -1.92. The molecule has 130 valence electrons. The summed E-state index contributed by atoms with van der Waals surface area (Å²) in [5.41, 5.74) is 0.746. The molecule has 0 aliphatic carbocycles. The normalized spacial score (nSPS) is 14.5.